The fraction of sp³-hybridized carbons (Fsp3) is 0.0556. The van der Waals surface area contributed by atoms with Crippen LogP contribution in [0.5, 0.6) is 5.75 Å². The van der Waals surface area contributed by atoms with Crippen LogP contribution in [0.15, 0.2) is 47.3 Å². The number of benzene rings is 2. The molecule has 0 aliphatic carbocycles. The van der Waals surface area contributed by atoms with Crippen LogP contribution in [-0.2, 0) is 0 Å². The van der Waals surface area contributed by atoms with Crippen LogP contribution in [0.2, 0.25) is 10.0 Å². The molecule has 4 nitrogen and oxygen atoms in total. The normalized spacial score (nSPS) is 11.7. The van der Waals surface area contributed by atoms with E-state index in [4.69, 9.17) is 27.9 Å². The molecule has 24 heavy (non-hydrogen) atoms. The van der Waals surface area contributed by atoms with E-state index in [1.54, 1.807) is 31.4 Å². The third-order valence-corrected chi connectivity index (χ3v) is 4.14. The number of aromatic amines is 1. The molecular formula is C18H14Cl2N2O2. The number of methoxy groups -OCH3 is 1. The van der Waals surface area contributed by atoms with Crippen LogP contribution in [0, 0.1) is 0 Å². The highest BCUT2D eigenvalue weighted by Crippen LogP contribution is 2.22. The Morgan fingerprint density at radius 2 is 1.88 bits per heavy atom. The molecule has 0 unspecified atom stereocenters. The molecule has 3 aromatic rings. The average molecular weight is 361 g/mol. The van der Waals surface area contributed by atoms with Gasteiger partial charge in [0.2, 0.25) is 0 Å². The maximum absolute atomic E-state index is 12.7. The first-order valence-corrected chi connectivity index (χ1v) is 7.86. The van der Waals surface area contributed by atoms with Crippen molar-refractivity contribution in [3.63, 3.8) is 0 Å². The average Bonchev–Trinajstić information content (AvgIpc) is 2.86. The lowest BCUT2D eigenvalue weighted by Crippen LogP contribution is -2.34. The predicted octanol–water partition coefficient (Wildman–Crippen LogP) is 2.72. The van der Waals surface area contributed by atoms with Gasteiger partial charge in [-0.15, -0.1) is 0 Å². The number of nitrogens with one attached hydrogen (secondary N) is 1. The second-order valence-electron chi connectivity index (χ2n) is 5.16. The van der Waals surface area contributed by atoms with Gasteiger partial charge in [0.1, 0.15) is 5.75 Å². The molecule has 0 saturated heterocycles. The Balaban J connectivity index is 2.16. The molecular weight excluding hydrogens is 347 g/mol. The number of H-pyrrole nitrogens is 1. The summed E-state index contributed by atoms with van der Waals surface area (Å²) in [5, 5.41) is 4.79. The highest BCUT2D eigenvalue weighted by molar-refractivity contribution is 6.34. The molecule has 0 aliphatic rings. The Bertz CT molecular complexity index is 1050. The maximum Gasteiger partial charge on any atom is 0.279 e. The van der Waals surface area contributed by atoms with Crippen molar-refractivity contribution in [1.82, 2.24) is 9.78 Å². The SMILES string of the molecule is C=c1[nH]n(-c2cc(Cl)ccc2Cl)c(=O)/c1=C/c1ccc(OC)cc1. The second-order valence-corrected chi connectivity index (χ2v) is 6.00. The van der Waals surface area contributed by atoms with E-state index in [9.17, 15) is 4.79 Å². The van der Waals surface area contributed by atoms with E-state index in [0.717, 1.165) is 11.3 Å². The number of halogens is 2. The maximum atomic E-state index is 12.7. The smallest absolute Gasteiger partial charge is 0.279 e. The lowest BCUT2D eigenvalue weighted by atomic mass is 10.2. The molecule has 122 valence electrons. The van der Waals surface area contributed by atoms with Crippen molar-refractivity contribution in [2.75, 3.05) is 7.11 Å². The Hall–Kier alpha value is -2.43. The van der Waals surface area contributed by atoms with Crippen molar-refractivity contribution >= 4 is 35.9 Å². The topological polar surface area (TPSA) is 47.0 Å². The Morgan fingerprint density at radius 3 is 2.54 bits per heavy atom. The second kappa shape index (κ2) is 6.59. The van der Waals surface area contributed by atoms with Gasteiger partial charge in [-0.2, -0.15) is 0 Å². The number of aromatic nitrogens is 2. The zero-order valence-corrected chi connectivity index (χ0v) is 14.4. The summed E-state index contributed by atoms with van der Waals surface area (Å²) in [7, 11) is 1.60. The number of nitrogens with zero attached hydrogens (tertiary/aromatic N) is 1. The molecule has 0 saturated carbocycles. The number of hydrogen-bond donors (Lipinski definition) is 1. The molecule has 0 amide bonds. The third kappa shape index (κ3) is 3.11. The van der Waals surface area contributed by atoms with Gasteiger partial charge in [0, 0.05) is 5.02 Å². The van der Waals surface area contributed by atoms with Gasteiger partial charge in [-0.25, -0.2) is 4.68 Å². The zero-order valence-electron chi connectivity index (χ0n) is 12.8. The van der Waals surface area contributed by atoms with Crippen LogP contribution in [0.1, 0.15) is 5.56 Å². The van der Waals surface area contributed by atoms with Gasteiger partial charge in [-0.3, -0.25) is 9.89 Å². The Labute approximate surface area is 148 Å². The van der Waals surface area contributed by atoms with E-state index in [1.807, 2.05) is 24.3 Å². The number of rotatable bonds is 3. The first-order valence-electron chi connectivity index (χ1n) is 7.11. The van der Waals surface area contributed by atoms with E-state index < -0.39 is 0 Å². The Morgan fingerprint density at radius 1 is 1.17 bits per heavy atom. The van der Waals surface area contributed by atoms with Crippen molar-refractivity contribution in [3.05, 3.63) is 79.0 Å². The monoisotopic (exact) mass is 360 g/mol. The Kier molecular flexibility index (Phi) is 4.51. The highest BCUT2D eigenvalue weighted by atomic mass is 35.5. The molecule has 0 aliphatic heterocycles. The summed E-state index contributed by atoms with van der Waals surface area (Å²) in [6, 6.07) is 12.3. The van der Waals surface area contributed by atoms with Gasteiger partial charge in [-0.1, -0.05) is 41.9 Å². The molecule has 2 aromatic carbocycles. The largest absolute Gasteiger partial charge is 0.497 e. The van der Waals surface area contributed by atoms with Crippen LogP contribution in [-0.4, -0.2) is 16.9 Å². The first kappa shape index (κ1) is 16.4. The van der Waals surface area contributed by atoms with Gasteiger partial charge >= 0.3 is 0 Å². The molecule has 3 rings (SSSR count). The zero-order chi connectivity index (χ0) is 17.3. The van der Waals surface area contributed by atoms with Crippen LogP contribution in [0.3, 0.4) is 0 Å². The van der Waals surface area contributed by atoms with E-state index >= 15 is 0 Å². The summed E-state index contributed by atoms with van der Waals surface area (Å²) in [6.07, 6.45) is 1.76. The molecule has 1 aromatic heterocycles. The van der Waals surface area contributed by atoms with Gasteiger partial charge in [0.05, 0.1) is 28.4 Å². The van der Waals surface area contributed by atoms with E-state index in [2.05, 4.69) is 11.7 Å². The number of hydrogen-bond acceptors (Lipinski definition) is 2. The summed E-state index contributed by atoms with van der Waals surface area (Å²) in [4.78, 5) is 12.7. The fourth-order valence-corrected chi connectivity index (χ4v) is 2.71. The highest BCUT2D eigenvalue weighted by Gasteiger charge is 2.09. The fourth-order valence-electron chi connectivity index (χ4n) is 2.34. The summed E-state index contributed by atoms with van der Waals surface area (Å²) in [6.45, 7) is 3.90. The molecule has 0 atom stereocenters. The molecule has 0 spiro atoms. The van der Waals surface area contributed by atoms with Crippen LogP contribution in [0.4, 0.5) is 0 Å². The van der Waals surface area contributed by atoms with Crippen molar-refractivity contribution in [2.45, 2.75) is 0 Å². The van der Waals surface area contributed by atoms with Gasteiger partial charge in [0.15, 0.2) is 0 Å². The quantitative estimate of drug-likeness (QED) is 0.780. The van der Waals surface area contributed by atoms with Crippen molar-refractivity contribution in [1.29, 1.82) is 0 Å². The molecule has 0 fully saturated rings. The van der Waals surface area contributed by atoms with Crippen molar-refractivity contribution in [2.24, 2.45) is 0 Å². The molecule has 1 heterocycles. The van der Waals surface area contributed by atoms with Gasteiger partial charge in [-0.05, 0) is 42.0 Å². The van der Waals surface area contributed by atoms with Crippen molar-refractivity contribution < 1.29 is 4.74 Å². The summed E-state index contributed by atoms with van der Waals surface area (Å²) < 4.78 is 6.47. The minimum absolute atomic E-state index is 0.250. The summed E-state index contributed by atoms with van der Waals surface area (Å²) >= 11 is 12.2. The van der Waals surface area contributed by atoms with Crippen molar-refractivity contribution in [3.8, 4) is 11.4 Å². The lowest BCUT2D eigenvalue weighted by Gasteiger charge is -2.04. The molecule has 0 bridgehead atoms. The van der Waals surface area contributed by atoms with E-state index in [0.29, 0.717) is 26.3 Å². The van der Waals surface area contributed by atoms with E-state index in [1.165, 1.54) is 4.68 Å². The predicted molar refractivity (Wildman–Crippen MR) is 97.7 cm³/mol. The summed E-state index contributed by atoms with van der Waals surface area (Å²) in [5.74, 6) is 0.749. The third-order valence-electron chi connectivity index (χ3n) is 3.58. The molecule has 1 N–H and O–H groups in total. The van der Waals surface area contributed by atoms with E-state index in [-0.39, 0.29) is 5.56 Å². The van der Waals surface area contributed by atoms with Crippen LogP contribution < -0.4 is 20.9 Å². The molecule has 0 radical (unpaired) electrons. The lowest BCUT2D eigenvalue weighted by molar-refractivity contribution is 0.415. The van der Waals surface area contributed by atoms with Gasteiger partial charge in [0.25, 0.3) is 5.56 Å². The minimum Gasteiger partial charge on any atom is -0.497 e. The molecule has 6 heteroatoms. The standard InChI is InChI=1S/C18H14Cl2N2O2/c1-11-15(9-12-3-6-14(24-2)7-4-12)18(23)22(21-11)17-10-13(19)5-8-16(17)20/h3-10,21H,1H2,2H3/b15-9+. The minimum atomic E-state index is -0.250. The van der Waals surface area contributed by atoms with Gasteiger partial charge < -0.3 is 4.74 Å². The summed E-state index contributed by atoms with van der Waals surface area (Å²) in [5.41, 5.74) is 1.09. The van der Waals surface area contributed by atoms with Crippen LogP contribution >= 0.6 is 23.2 Å². The first-order chi connectivity index (χ1) is 11.5. The number of ether oxygens (including phenoxy) is 1. The van der Waals surface area contributed by atoms with Crippen LogP contribution in [0.25, 0.3) is 18.3 Å².